The summed E-state index contributed by atoms with van der Waals surface area (Å²) in [7, 11) is -0.911. The van der Waals surface area contributed by atoms with E-state index in [0.29, 0.717) is 25.9 Å². The minimum atomic E-state index is -1.12. The molecule has 0 radical (unpaired) electrons. The second kappa shape index (κ2) is 7.06. The first kappa shape index (κ1) is 16.9. The van der Waals surface area contributed by atoms with E-state index in [2.05, 4.69) is 5.32 Å². The SMILES string of the molecule is CC(CCNC(=O)N1CCCCC1(C)C(=O)O)S(C)=O. The lowest BCUT2D eigenvalue weighted by Gasteiger charge is -2.41. The van der Waals surface area contributed by atoms with Crippen LogP contribution >= 0.6 is 0 Å². The molecule has 1 aliphatic rings. The Hall–Kier alpha value is -1.11. The number of amides is 2. The zero-order chi connectivity index (χ0) is 15.3. The number of hydrogen-bond acceptors (Lipinski definition) is 3. The van der Waals surface area contributed by atoms with Gasteiger partial charge in [-0.15, -0.1) is 0 Å². The predicted molar refractivity (Wildman–Crippen MR) is 78.1 cm³/mol. The molecule has 6 nitrogen and oxygen atoms in total. The first-order valence-electron chi connectivity index (χ1n) is 6.90. The number of likely N-dealkylation sites (tertiary alicyclic amines) is 1. The molecule has 0 aliphatic carbocycles. The smallest absolute Gasteiger partial charge is 0.329 e. The molecule has 1 aliphatic heterocycles. The van der Waals surface area contributed by atoms with Crippen LogP contribution in [0, 0.1) is 0 Å². The fourth-order valence-electron chi connectivity index (χ4n) is 2.31. The van der Waals surface area contributed by atoms with Crippen molar-refractivity contribution in [3.63, 3.8) is 0 Å². The average molecular weight is 304 g/mol. The van der Waals surface area contributed by atoms with Gasteiger partial charge in [0.1, 0.15) is 5.54 Å². The quantitative estimate of drug-likeness (QED) is 0.798. The molecule has 0 bridgehead atoms. The molecule has 0 saturated carbocycles. The predicted octanol–water partition coefficient (Wildman–Crippen LogP) is 1.18. The first-order valence-corrected chi connectivity index (χ1v) is 8.52. The fraction of sp³-hybridized carbons (Fsp3) is 0.846. The lowest BCUT2D eigenvalue weighted by molar-refractivity contribution is -0.150. The van der Waals surface area contributed by atoms with Gasteiger partial charge in [-0.1, -0.05) is 6.92 Å². The highest BCUT2D eigenvalue weighted by Crippen LogP contribution is 2.28. The number of carboxylic acid groups (broad SMARTS) is 1. The summed E-state index contributed by atoms with van der Waals surface area (Å²) in [5.74, 6) is -0.963. The van der Waals surface area contributed by atoms with Gasteiger partial charge in [-0.3, -0.25) is 4.21 Å². The van der Waals surface area contributed by atoms with Gasteiger partial charge in [0.2, 0.25) is 0 Å². The highest BCUT2D eigenvalue weighted by Gasteiger charge is 2.43. The molecule has 3 unspecified atom stereocenters. The largest absolute Gasteiger partial charge is 0.480 e. The van der Waals surface area contributed by atoms with Gasteiger partial charge in [-0.05, 0) is 32.6 Å². The van der Waals surface area contributed by atoms with Crippen LogP contribution in [0.4, 0.5) is 4.79 Å². The number of nitrogens with one attached hydrogen (secondary N) is 1. The zero-order valence-corrected chi connectivity index (χ0v) is 13.2. The third kappa shape index (κ3) is 3.94. The second-order valence-corrected chi connectivity index (χ2v) is 7.32. The summed E-state index contributed by atoms with van der Waals surface area (Å²) in [6.07, 6.45) is 4.38. The lowest BCUT2D eigenvalue weighted by atomic mass is 9.89. The molecule has 116 valence electrons. The molecule has 1 heterocycles. The van der Waals surface area contributed by atoms with Gasteiger partial charge in [-0.25, -0.2) is 9.59 Å². The number of carboxylic acids is 1. The number of nitrogens with zero attached hydrogens (tertiary/aromatic N) is 1. The first-order chi connectivity index (χ1) is 9.29. The van der Waals surface area contributed by atoms with Crippen molar-refractivity contribution in [3.8, 4) is 0 Å². The Morgan fingerprint density at radius 3 is 2.65 bits per heavy atom. The summed E-state index contributed by atoms with van der Waals surface area (Å²) >= 11 is 0. The van der Waals surface area contributed by atoms with E-state index in [1.807, 2.05) is 6.92 Å². The van der Waals surface area contributed by atoms with Crippen LogP contribution in [0.3, 0.4) is 0 Å². The maximum atomic E-state index is 12.1. The summed E-state index contributed by atoms with van der Waals surface area (Å²) in [5.41, 5.74) is -1.12. The van der Waals surface area contributed by atoms with Gasteiger partial charge < -0.3 is 15.3 Å². The Kier molecular flexibility index (Phi) is 5.98. The number of hydrogen-bond donors (Lipinski definition) is 2. The van der Waals surface area contributed by atoms with Gasteiger partial charge in [0.05, 0.1) is 0 Å². The number of rotatable bonds is 5. The van der Waals surface area contributed by atoms with Crippen molar-refractivity contribution in [1.29, 1.82) is 0 Å². The van der Waals surface area contributed by atoms with Crippen molar-refractivity contribution in [2.45, 2.75) is 50.3 Å². The summed E-state index contributed by atoms with van der Waals surface area (Å²) in [5, 5.41) is 12.1. The average Bonchev–Trinajstić information content (AvgIpc) is 2.38. The van der Waals surface area contributed by atoms with Gasteiger partial charge in [0.25, 0.3) is 0 Å². The fourth-order valence-corrected chi connectivity index (χ4v) is 2.76. The van der Waals surface area contributed by atoms with Crippen molar-refractivity contribution >= 4 is 22.8 Å². The van der Waals surface area contributed by atoms with E-state index >= 15 is 0 Å². The van der Waals surface area contributed by atoms with Crippen LogP contribution < -0.4 is 5.32 Å². The number of carbonyl (C=O) groups excluding carboxylic acids is 1. The molecule has 0 aromatic heterocycles. The topological polar surface area (TPSA) is 86.7 Å². The highest BCUT2D eigenvalue weighted by molar-refractivity contribution is 7.84. The summed E-state index contributed by atoms with van der Waals surface area (Å²) in [6.45, 7) is 4.33. The summed E-state index contributed by atoms with van der Waals surface area (Å²) in [4.78, 5) is 25.0. The molecule has 1 saturated heterocycles. The monoisotopic (exact) mass is 304 g/mol. The number of piperidine rings is 1. The van der Waals surface area contributed by atoms with Crippen LogP contribution in [-0.2, 0) is 15.6 Å². The zero-order valence-electron chi connectivity index (χ0n) is 12.3. The minimum absolute atomic E-state index is 0.0162. The van der Waals surface area contributed by atoms with Crippen LogP contribution in [0.15, 0.2) is 0 Å². The van der Waals surface area contributed by atoms with Crippen molar-refractivity contribution in [2.24, 2.45) is 0 Å². The molecule has 2 amide bonds. The van der Waals surface area contributed by atoms with Crippen LogP contribution in [0.2, 0.25) is 0 Å². The molecule has 20 heavy (non-hydrogen) atoms. The van der Waals surface area contributed by atoms with Crippen LogP contribution in [0.1, 0.15) is 39.5 Å². The maximum Gasteiger partial charge on any atom is 0.329 e. The van der Waals surface area contributed by atoms with E-state index in [-0.39, 0.29) is 11.3 Å². The van der Waals surface area contributed by atoms with Crippen LogP contribution in [-0.4, -0.2) is 56.3 Å². The molecule has 0 aromatic rings. The molecule has 0 spiro atoms. The van der Waals surface area contributed by atoms with Crippen LogP contribution in [0.5, 0.6) is 0 Å². The molecule has 1 rings (SSSR count). The van der Waals surface area contributed by atoms with E-state index in [0.717, 1.165) is 12.8 Å². The Bertz CT molecular complexity index is 402. The van der Waals surface area contributed by atoms with Gasteiger partial charge in [0.15, 0.2) is 0 Å². The molecular weight excluding hydrogens is 280 g/mol. The van der Waals surface area contributed by atoms with Gasteiger partial charge in [0, 0.05) is 35.4 Å². The molecule has 1 fully saturated rings. The van der Waals surface area contributed by atoms with E-state index in [1.54, 1.807) is 13.2 Å². The van der Waals surface area contributed by atoms with E-state index in [1.165, 1.54) is 4.90 Å². The molecular formula is C13H24N2O4S. The van der Waals surface area contributed by atoms with Crippen molar-refractivity contribution < 1.29 is 18.9 Å². The number of aliphatic carboxylic acids is 1. The summed E-state index contributed by atoms with van der Waals surface area (Å²) in [6, 6.07) is -0.344. The van der Waals surface area contributed by atoms with Gasteiger partial charge >= 0.3 is 12.0 Å². The Morgan fingerprint density at radius 1 is 1.45 bits per heavy atom. The molecule has 7 heteroatoms. The van der Waals surface area contributed by atoms with Gasteiger partial charge in [-0.2, -0.15) is 0 Å². The number of urea groups is 1. The second-order valence-electron chi connectivity index (χ2n) is 5.52. The normalized spacial score (nSPS) is 25.9. The Labute approximate surface area is 122 Å². The molecule has 2 N–H and O–H groups in total. The van der Waals surface area contributed by atoms with E-state index < -0.39 is 22.3 Å². The van der Waals surface area contributed by atoms with Crippen LogP contribution in [0.25, 0.3) is 0 Å². The third-order valence-electron chi connectivity index (χ3n) is 3.99. The lowest BCUT2D eigenvalue weighted by Crippen LogP contribution is -2.60. The number of carbonyl (C=O) groups is 2. The van der Waals surface area contributed by atoms with E-state index in [9.17, 15) is 18.9 Å². The minimum Gasteiger partial charge on any atom is -0.480 e. The summed E-state index contributed by atoms with van der Waals surface area (Å²) < 4.78 is 11.2. The Morgan fingerprint density at radius 2 is 2.10 bits per heavy atom. The highest BCUT2D eigenvalue weighted by atomic mass is 32.2. The van der Waals surface area contributed by atoms with Crippen molar-refractivity contribution in [1.82, 2.24) is 10.2 Å². The van der Waals surface area contributed by atoms with Crippen molar-refractivity contribution in [3.05, 3.63) is 0 Å². The third-order valence-corrected chi connectivity index (χ3v) is 5.36. The van der Waals surface area contributed by atoms with Crippen molar-refractivity contribution in [2.75, 3.05) is 19.3 Å². The van der Waals surface area contributed by atoms with E-state index in [4.69, 9.17) is 0 Å². The standard InChI is InChI=1S/C13H24N2O4S/c1-10(20(3)19)6-8-14-12(18)15-9-5-4-7-13(15,2)11(16)17/h10H,4-9H2,1-3H3,(H,14,18)(H,16,17). The maximum absolute atomic E-state index is 12.1. The molecule has 0 aromatic carbocycles. The molecule has 3 atom stereocenters. The Balaban J connectivity index is 2.56.